The molecule has 1 aliphatic carbocycles. The van der Waals surface area contributed by atoms with E-state index in [1.54, 1.807) is 0 Å². The first-order valence-electron chi connectivity index (χ1n) is 7.64. The number of nitrogens with one attached hydrogen (secondary N) is 1. The molecule has 19 heavy (non-hydrogen) atoms. The molecular weight excluding hydrogens is 232 g/mol. The lowest BCUT2D eigenvalue weighted by Gasteiger charge is -2.44. The van der Waals surface area contributed by atoms with Crippen LogP contribution in [-0.4, -0.2) is 30.1 Å². The van der Waals surface area contributed by atoms with E-state index in [0.717, 1.165) is 19.0 Å². The molecule has 0 amide bonds. The van der Waals surface area contributed by atoms with Crippen molar-refractivity contribution in [2.24, 2.45) is 5.92 Å². The van der Waals surface area contributed by atoms with E-state index in [1.807, 2.05) is 0 Å². The average molecular weight is 258 g/mol. The molecule has 1 aromatic carbocycles. The Labute approximate surface area is 117 Å². The summed E-state index contributed by atoms with van der Waals surface area (Å²) >= 11 is 0. The maximum atomic E-state index is 3.76. The van der Waals surface area contributed by atoms with Crippen LogP contribution in [0.2, 0.25) is 0 Å². The van der Waals surface area contributed by atoms with E-state index >= 15 is 0 Å². The summed E-state index contributed by atoms with van der Waals surface area (Å²) in [5.41, 5.74) is 3.14. The first kappa shape index (κ1) is 13.1. The second-order valence-corrected chi connectivity index (χ2v) is 6.68. The molecular formula is C17H26N2. The van der Waals surface area contributed by atoms with Crippen molar-refractivity contribution in [2.75, 3.05) is 19.6 Å². The predicted molar refractivity (Wildman–Crippen MR) is 80.3 cm³/mol. The van der Waals surface area contributed by atoms with E-state index < -0.39 is 0 Å². The van der Waals surface area contributed by atoms with Gasteiger partial charge < -0.3 is 5.32 Å². The lowest BCUT2D eigenvalue weighted by molar-refractivity contribution is 0.0946. The van der Waals surface area contributed by atoms with Gasteiger partial charge in [0.25, 0.3) is 0 Å². The maximum absolute atomic E-state index is 3.76. The molecule has 2 aliphatic rings. The molecule has 2 unspecified atom stereocenters. The van der Waals surface area contributed by atoms with E-state index in [-0.39, 0.29) is 0 Å². The van der Waals surface area contributed by atoms with Gasteiger partial charge in [0.2, 0.25) is 0 Å². The minimum atomic E-state index is 0.344. The van der Waals surface area contributed by atoms with Crippen LogP contribution in [0.1, 0.15) is 43.9 Å². The Bertz CT molecular complexity index is 435. The first-order valence-corrected chi connectivity index (χ1v) is 7.64. The zero-order valence-corrected chi connectivity index (χ0v) is 12.4. The highest BCUT2D eigenvalue weighted by Gasteiger charge is 2.44. The third-order valence-corrected chi connectivity index (χ3v) is 5.05. The van der Waals surface area contributed by atoms with Crippen LogP contribution in [0.4, 0.5) is 0 Å². The van der Waals surface area contributed by atoms with Gasteiger partial charge in [-0.2, -0.15) is 0 Å². The molecule has 2 heteroatoms. The number of piperazine rings is 1. The van der Waals surface area contributed by atoms with Gasteiger partial charge >= 0.3 is 0 Å². The second kappa shape index (κ2) is 4.92. The molecule has 0 spiro atoms. The standard InChI is InChI=1S/C17H26N2/c1-13-4-6-15(7-5-13)14(2)19-11-10-18-17(3,12-19)16-8-9-16/h4-7,14,16,18H,8-12H2,1-3H3. The summed E-state index contributed by atoms with van der Waals surface area (Å²) in [5, 5.41) is 3.76. The van der Waals surface area contributed by atoms with Crippen molar-refractivity contribution >= 4 is 0 Å². The fourth-order valence-electron chi connectivity index (χ4n) is 3.42. The Balaban J connectivity index is 1.72. The summed E-state index contributed by atoms with van der Waals surface area (Å²) in [6.45, 7) is 10.4. The summed E-state index contributed by atoms with van der Waals surface area (Å²) in [6, 6.07) is 9.57. The van der Waals surface area contributed by atoms with Crippen LogP contribution in [0.3, 0.4) is 0 Å². The molecule has 2 fully saturated rings. The van der Waals surface area contributed by atoms with Crippen LogP contribution in [0.25, 0.3) is 0 Å². The van der Waals surface area contributed by atoms with Gasteiger partial charge in [-0.05, 0) is 45.1 Å². The molecule has 1 saturated heterocycles. The van der Waals surface area contributed by atoms with Gasteiger partial charge in [0.05, 0.1) is 0 Å². The topological polar surface area (TPSA) is 15.3 Å². The molecule has 3 rings (SSSR count). The van der Waals surface area contributed by atoms with E-state index in [2.05, 4.69) is 55.3 Å². The SMILES string of the molecule is Cc1ccc(C(C)N2CCNC(C)(C3CC3)C2)cc1. The minimum absolute atomic E-state index is 0.344. The smallest absolute Gasteiger partial charge is 0.0321 e. The number of aryl methyl sites for hydroxylation is 1. The van der Waals surface area contributed by atoms with Crippen molar-refractivity contribution in [3.05, 3.63) is 35.4 Å². The third-order valence-electron chi connectivity index (χ3n) is 5.05. The minimum Gasteiger partial charge on any atom is -0.309 e. The van der Waals surface area contributed by atoms with Gasteiger partial charge in [-0.3, -0.25) is 4.90 Å². The van der Waals surface area contributed by atoms with Gasteiger partial charge in [0.15, 0.2) is 0 Å². The third kappa shape index (κ3) is 2.70. The summed E-state index contributed by atoms with van der Waals surface area (Å²) < 4.78 is 0. The Morgan fingerprint density at radius 2 is 1.95 bits per heavy atom. The predicted octanol–water partition coefficient (Wildman–Crippen LogP) is 3.13. The number of hydrogen-bond acceptors (Lipinski definition) is 2. The second-order valence-electron chi connectivity index (χ2n) is 6.68. The van der Waals surface area contributed by atoms with Crippen molar-refractivity contribution in [3.8, 4) is 0 Å². The average Bonchev–Trinajstić information content (AvgIpc) is 3.23. The summed E-state index contributed by atoms with van der Waals surface area (Å²) in [5.74, 6) is 0.903. The highest BCUT2D eigenvalue weighted by Crippen LogP contribution is 2.41. The molecule has 0 aromatic heterocycles. The molecule has 1 aliphatic heterocycles. The van der Waals surface area contributed by atoms with Gasteiger partial charge in [0.1, 0.15) is 0 Å². The normalized spacial score (nSPS) is 30.3. The van der Waals surface area contributed by atoms with Crippen LogP contribution < -0.4 is 5.32 Å². The monoisotopic (exact) mass is 258 g/mol. The van der Waals surface area contributed by atoms with Gasteiger partial charge in [-0.25, -0.2) is 0 Å². The lowest BCUT2D eigenvalue weighted by atomic mass is 9.91. The van der Waals surface area contributed by atoms with Crippen LogP contribution in [-0.2, 0) is 0 Å². The quantitative estimate of drug-likeness (QED) is 0.896. The Morgan fingerprint density at radius 1 is 1.26 bits per heavy atom. The molecule has 0 radical (unpaired) electrons. The molecule has 104 valence electrons. The maximum Gasteiger partial charge on any atom is 0.0321 e. The highest BCUT2D eigenvalue weighted by atomic mass is 15.2. The Morgan fingerprint density at radius 3 is 2.58 bits per heavy atom. The van der Waals surface area contributed by atoms with Crippen LogP contribution in [0, 0.1) is 12.8 Å². The van der Waals surface area contributed by atoms with Crippen LogP contribution >= 0.6 is 0 Å². The lowest BCUT2D eigenvalue weighted by Crippen LogP contribution is -2.60. The van der Waals surface area contributed by atoms with Gasteiger partial charge in [0, 0.05) is 31.2 Å². The largest absolute Gasteiger partial charge is 0.309 e. The van der Waals surface area contributed by atoms with Crippen molar-refractivity contribution < 1.29 is 0 Å². The molecule has 1 saturated carbocycles. The molecule has 1 heterocycles. The fraction of sp³-hybridized carbons (Fsp3) is 0.647. The first-order chi connectivity index (χ1) is 9.08. The Kier molecular flexibility index (Phi) is 3.40. The summed E-state index contributed by atoms with van der Waals surface area (Å²) in [7, 11) is 0. The summed E-state index contributed by atoms with van der Waals surface area (Å²) in [4.78, 5) is 2.65. The van der Waals surface area contributed by atoms with E-state index in [9.17, 15) is 0 Å². The van der Waals surface area contributed by atoms with Gasteiger partial charge in [-0.15, -0.1) is 0 Å². The van der Waals surface area contributed by atoms with E-state index in [0.29, 0.717) is 11.6 Å². The molecule has 0 bridgehead atoms. The van der Waals surface area contributed by atoms with Crippen molar-refractivity contribution in [1.82, 2.24) is 10.2 Å². The zero-order valence-electron chi connectivity index (χ0n) is 12.4. The molecule has 1 N–H and O–H groups in total. The number of nitrogens with zero attached hydrogens (tertiary/aromatic N) is 1. The molecule has 2 nitrogen and oxygen atoms in total. The highest BCUT2D eigenvalue weighted by molar-refractivity contribution is 5.24. The van der Waals surface area contributed by atoms with Crippen LogP contribution in [0.5, 0.6) is 0 Å². The zero-order chi connectivity index (χ0) is 13.5. The van der Waals surface area contributed by atoms with E-state index in [1.165, 1.54) is 30.5 Å². The molecule has 1 aromatic rings. The number of benzene rings is 1. The fourth-order valence-corrected chi connectivity index (χ4v) is 3.42. The summed E-state index contributed by atoms with van der Waals surface area (Å²) in [6.07, 6.45) is 2.83. The van der Waals surface area contributed by atoms with Crippen molar-refractivity contribution in [2.45, 2.75) is 45.2 Å². The van der Waals surface area contributed by atoms with Crippen molar-refractivity contribution in [3.63, 3.8) is 0 Å². The van der Waals surface area contributed by atoms with Gasteiger partial charge in [-0.1, -0.05) is 29.8 Å². The van der Waals surface area contributed by atoms with E-state index in [4.69, 9.17) is 0 Å². The van der Waals surface area contributed by atoms with Crippen molar-refractivity contribution in [1.29, 1.82) is 0 Å². The molecule has 2 atom stereocenters. The Hall–Kier alpha value is -0.860. The van der Waals surface area contributed by atoms with Crippen LogP contribution in [0.15, 0.2) is 24.3 Å². The number of rotatable bonds is 3. The number of hydrogen-bond donors (Lipinski definition) is 1.